The van der Waals surface area contributed by atoms with Gasteiger partial charge in [-0.05, 0) is 49.2 Å². The van der Waals surface area contributed by atoms with Crippen LogP contribution in [0.1, 0.15) is 22.9 Å². The summed E-state index contributed by atoms with van der Waals surface area (Å²) in [5.74, 6) is 0.583. The monoisotopic (exact) mass is 274 g/mol. The fraction of sp³-hybridized carbons (Fsp3) is 0.267. The summed E-state index contributed by atoms with van der Waals surface area (Å²) >= 11 is 1.56. The van der Waals surface area contributed by atoms with Crippen molar-refractivity contribution in [1.29, 1.82) is 0 Å². The molecule has 0 spiro atoms. The molecule has 0 fully saturated rings. The van der Waals surface area contributed by atoms with Gasteiger partial charge in [-0.25, -0.2) is 4.98 Å². The van der Waals surface area contributed by atoms with Crippen LogP contribution in [0.25, 0.3) is 0 Å². The van der Waals surface area contributed by atoms with E-state index in [1.165, 1.54) is 5.56 Å². The SMILES string of the molecule is Cc1cc(C)nc(SCC(O)c2ccc(N)cc2)c1. The van der Waals surface area contributed by atoms with Crippen LogP contribution in [0.15, 0.2) is 41.4 Å². The quantitative estimate of drug-likeness (QED) is 0.664. The van der Waals surface area contributed by atoms with Crippen molar-refractivity contribution in [1.82, 2.24) is 4.98 Å². The van der Waals surface area contributed by atoms with E-state index in [4.69, 9.17) is 5.73 Å². The van der Waals surface area contributed by atoms with Gasteiger partial charge in [0.25, 0.3) is 0 Å². The van der Waals surface area contributed by atoms with Crippen LogP contribution < -0.4 is 5.73 Å². The number of rotatable bonds is 4. The number of nitrogens with zero attached hydrogens (tertiary/aromatic N) is 1. The largest absolute Gasteiger partial charge is 0.399 e. The van der Waals surface area contributed by atoms with Crippen LogP contribution in [-0.4, -0.2) is 15.8 Å². The van der Waals surface area contributed by atoms with Gasteiger partial charge in [-0.2, -0.15) is 0 Å². The molecule has 2 aromatic rings. The molecule has 0 saturated carbocycles. The Bertz CT molecular complexity index is 534. The third-order valence-corrected chi connectivity index (χ3v) is 3.77. The minimum absolute atomic E-state index is 0.506. The first-order valence-electron chi connectivity index (χ1n) is 6.16. The minimum Gasteiger partial charge on any atom is -0.399 e. The number of nitrogens with two attached hydrogens (primary N) is 1. The summed E-state index contributed by atoms with van der Waals surface area (Å²) in [5.41, 5.74) is 9.41. The second-order valence-corrected chi connectivity index (χ2v) is 5.66. The predicted octanol–water partition coefficient (Wildman–Crippen LogP) is 3.11. The van der Waals surface area contributed by atoms with Gasteiger partial charge < -0.3 is 10.8 Å². The highest BCUT2D eigenvalue weighted by Crippen LogP contribution is 2.24. The average Bonchev–Trinajstić information content (AvgIpc) is 2.36. The Hall–Kier alpha value is -1.52. The van der Waals surface area contributed by atoms with Crippen LogP contribution in [0.2, 0.25) is 0 Å². The maximum Gasteiger partial charge on any atom is 0.0966 e. The first-order chi connectivity index (χ1) is 9.04. The van der Waals surface area contributed by atoms with E-state index in [-0.39, 0.29) is 0 Å². The van der Waals surface area contributed by atoms with Crippen molar-refractivity contribution in [3.63, 3.8) is 0 Å². The molecule has 100 valence electrons. The van der Waals surface area contributed by atoms with Crippen LogP contribution in [0.4, 0.5) is 5.69 Å². The molecule has 0 aliphatic carbocycles. The van der Waals surface area contributed by atoms with Crippen molar-refractivity contribution in [3.8, 4) is 0 Å². The summed E-state index contributed by atoms with van der Waals surface area (Å²) < 4.78 is 0. The zero-order valence-electron chi connectivity index (χ0n) is 11.1. The van der Waals surface area contributed by atoms with E-state index in [2.05, 4.69) is 11.9 Å². The standard InChI is InChI=1S/C15H18N2OS/c1-10-7-11(2)17-15(8-10)19-9-14(18)12-3-5-13(16)6-4-12/h3-8,14,18H,9,16H2,1-2H3. The Balaban J connectivity index is 1.99. The molecule has 0 bridgehead atoms. The van der Waals surface area contributed by atoms with Crippen molar-refractivity contribution >= 4 is 17.4 Å². The molecule has 1 heterocycles. The van der Waals surface area contributed by atoms with Crippen molar-refractivity contribution < 1.29 is 5.11 Å². The van der Waals surface area contributed by atoms with Crippen molar-refractivity contribution in [2.45, 2.75) is 25.0 Å². The van der Waals surface area contributed by atoms with E-state index in [1.807, 2.05) is 31.2 Å². The molecule has 1 unspecified atom stereocenters. The van der Waals surface area contributed by atoms with Gasteiger partial charge in [0.05, 0.1) is 11.1 Å². The third-order valence-electron chi connectivity index (χ3n) is 2.78. The molecule has 3 nitrogen and oxygen atoms in total. The van der Waals surface area contributed by atoms with Gasteiger partial charge >= 0.3 is 0 Å². The molecule has 0 radical (unpaired) electrons. The molecule has 0 saturated heterocycles. The Morgan fingerprint density at radius 1 is 1.21 bits per heavy atom. The highest BCUT2D eigenvalue weighted by atomic mass is 32.2. The summed E-state index contributed by atoms with van der Waals surface area (Å²) in [6.07, 6.45) is -0.506. The maximum atomic E-state index is 10.1. The summed E-state index contributed by atoms with van der Waals surface area (Å²) in [6.45, 7) is 4.03. The van der Waals surface area contributed by atoms with Crippen LogP contribution in [-0.2, 0) is 0 Å². The second kappa shape index (κ2) is 6.08. The molecule has 0 aliphatic heterocycles. The lowest BCUT2D eigenvalue weighted by molar-refractivity contribution is 0.204. The van der Waals surface area contributed by atoms with E-state index in [1.54, 1.807) is 23.9 Å². The van der Waals surface area contributed by atoms with E-state index in [9.17, 15) is 5.11 Å². The molecule has 1 atom stereocenters. The van der Waals surface area contributed by atoms with Crippen LogP contribution in [0.3, 0.4) is 0 Å². The van der Waals surface area contributed by atoms with Crippen LogP contribution in [0, 0.1) is 13.8 Å². The van der Waals surface area contributed by atoms with Crippen molar-refractivity contribution in [3.05, 3.63) is 53.2 Å². The molecule has 3 N–H and O–H groups in total. The number of benzene rings is 1. The molecule has 2 rings (SSSR count). The molecular weight excluding hydrogens is 256 g/mol. The highest BCUT2D eigenvalue weighted by Gasteiger charge is 2.09. The number of thioether (sulfide) groups is 1. The third kappa shape index (κ3) is 3.98. The van der Waals surface area contributed by atoms with Gasteiger partial charge in [0.2, 0.25) is 0 Å². The first kappa shape index (κ1) is 13.9. The summed E-state index contributed by atoms with van der Waals surface area (Å²) in [6, 6.07) is 11.4. The molecule has 4 heteroatoms. The fourth-order valence-corrected chi connectivity index (χ4v) is 2.86. The van der Waals surface area contributed by atoms with E-state index >= 15 is 0 Å². The maximum absolute atomic E-state index is 10.1. The summed E-state index contributed by atoms with van der Waals surface area (Å²) in [4.78, 5) is 4.45. The zero-order valence-corrected chi connectivity index (χ0v) is 11.9. The zero-order chi connectivity index (χ0) is 13.8. The Kier molecular flexibility index (Phi) is 4.45. The number of pyridine rings is 1. The normalized spacial score (nSPS) is 12.4. The average molecular weight is 274 g/mol. The minimum atomic E-state index is -0.506. The number of aliphatic hydroxyl groups excluding tert-OH is 1. The van der Waals surface area contributed by atoms with E-state index in [0.717, 1.165) is 16.3 Å². The smallest absolute Gasteiger partial charge is 0.0966 e. The molecule has 1 aromatic carbocycles. The lowest BCUT2D eigenvalue weighted by atomic mass is 10.1. The number of hydrogen-bond donors (Lipinski definition) is 2. The van der Waals surface area contributed by atoms with Gasteiger partial charge in [0.1, 0.15) is 0 Å². The molecule has 0 aliphatic rings. The topological polar surface area (TPSA) is 59.1 Å². The molecule has 0 amide bonds. The lowest BCUT2D eigenvalue weighted by Crippen LogP contribution is -2.01. The van der Waals surface area contributed by atoms with Gasteiger partial charge in [-0.3, -0.25) is 0 Å². The number of hydrogen-bond acceptors (Lipinski definition) is 4. The molecule has 1 aromatic heterocycles. The summed E-state index contributed by atoms with van der Waals surface area (Å²) in [7, 11) is 0. The van der Waals surface area contributed by atoms with Gasteiger partial charge in [-0.15, -0.1) is 11.8 Å². The predicted molar refractivity (Wildman–Crippen MR) is 80.2 cm³/mol. The number of aromatic nitrogens is 1. The number of aryl methyl sites for hydroxylation is 2. The number of anilines is 1. The Labute approximate surface area is 117 Å². The number of aliphatic hydroxyl groups is 1. The van der Waals surface area contributed by atoms with Crippen LogP contribution in [0.5, 0.6) is 0 Å². The molecular formula is C15H18N2OS. The van der Waals surface area contributed by atoms with Gasteiger partial charge in [0.15, 0.2) is 0 Å². The van der Waals surface area contributed by atoms with Crippen molar-refractivity contribution in [2.24, 2.45) is 0 Å². The van der Waals surface area contributed by atoms with Gasteiger partial charge in [-0.1, -0.05) is 12.1 Å². The first-order valence-corrected chi connectivity index (χ1v) is 7.15. The van der Waals surface area contributed by atoms with E-state index in [0.29, 0.717) is 11.4 Å². The Morgan fingerprint density at radius 2 is 1.89 bits per heavy atom. The summed E-state index contributed by atoms with van der Waals surface area (Å²) in [5, 5.41) is 11.1. The Morgan fingerprint density at radius 3 is 2.53 bits per heavy atom. The number of nitrogen functional groups attached to an aromatic ring is 1. The van der Waals surface area contributed by atoms with E-state index < -0.39 is 6.10 Å². The molecule has 19 heavy (non-hydrogen) atoms. The van der Waals surface area contributed by atoms with Crippen LogP contribution >= 0.6 is 11.8 Å². The highest BCUT2D eigenvalue weighted by molar-refractivity contribution is 7.99. The van der Waals surface area contributed by atoms with Crippen molar-refractivity contribution in [2.75, 3.05) is 11.5 Å². The fourth-order valence-electron chi connectivity index (χ4n) is 1.86. The lowest BCUT2D eigenvalue weighted by Gasteiger charge is -2.11. The second-order valence-electron chi connectivity index (χ2n) is 4.62. The van der Waals surface area contributed by atoms with Gasteiger partial charge in [0, 0.05) is 17.1 Å².